The number of aromatic nitrogens is 4. The molecule has 0 spiro atoms. The second-order valence-corrected chi connectivity index (χ2v) is 10.9. The van der Waals surface area contributed by atoms with Gasteiger partial charge in [-0.05, 0) is 110 Å². The second kappa shape index (κ2) is 11.3. The zero-order chi connectivity index (χ0) is 30.3. The van der Waals surface area contributed by atoms with Gasteiger partial charge in [-0.1, -0.05) is 19.6 Å². The van der Waals surface area contributed by atoms with Gasteiger partial charge in [0.1, 0.15) is 0 Å². The molecule has 5 rings (SSSR count). The summed E-state index contributed by atoms with van der Waals surface area (Å²) >= 11 is 0. The van der Waals surface area contributed by atoms with Crippen molar-refractivity contribution in [2.45, 2.75) is 66.7 Å². The van der Waals surface area contributed by atoms with Gasteiger partial charge in [-0.25, -0.2) is 9.97 Å². The van der Waals surface area contributed by atoms with Gasteiger partial charge >= 0.3 is 11.9 Å². The summed E-state index contributed by atoms with van der Waals surface area (Å²) in [4.78, 5) is 40.2. The molecule has 2 aliphatic heterocycles. The second-order valence-electron chi connectivity index (χ2n) is 10.9. The van der Waals surface area contributed by atoms with Crippen molar-refractivity contribution in [1.29, 1.82) is 0 Å². The molecule has 8 bridgehead atoms. The van der Waals surface area contributed by atoms with Crippen LogP contribution in [-0.4, -0.2) is 42.1 Å². The van der Waals surface area contributed by atoms with Gasteiger partial charge in [0.25, 0.3) is 0 Å². The van der Waals surface area contributed by atoms with Crippen molar-refractivity contribution >= 4 is 62.4 Å². The Labute approximate surface area is 244 Å². The van der Waals surface area contributed by atoms with Crippen LogP contribution < -0.4 is 0 Å². The van der Waals surface area contributed by atoms with Crippen LogP contribution in [0.1, 0.15) is 91.5 Å². The average Bonchev–Trinajstić information content (AvgIpc) is 3.59. The van der Waals surface area contributed by atoms with Crippen molar-refractivity contribution in [2.75, 3.05) is 0 Å². The number of rotatable bonds is 8. The molecule has 42 heavy (non-hydrogen) atoms. The Morgan fingerprint density at radius 3 is 1.74 bits per heavy atom. The normalized spacial score (nSPS) is 13.2. The third-order valence-electron chi connectivity index (χ3n) is 8.45. The van der Waals surface area contributed by atoms with E-state index in [-0.39, 0.29) is 12.8 Å². The molecule has 2 aliphatic rings. The number of aliphatic carboxylic acids is 2. The zero-order valence-corrected chi connectivity index (χ0v) is 24.7. The predicted octanol–water partition coefficient (Wildman–Crippen LogP) is 7.73. The van der Waals surface area contributed by atoms with E-state index in [0.29, 0.717) is 24.2 Å². The SMILES string of the molecule is C=Cc1c(C)c2cc3nc(cc4nc(cc5[nH]c(cc1[nH]2)c(C)c5CC)C(C)=C4CCC(=O)O)C(CCC(=O)O)=C3C. The zero-order valence-electron chi connectivity index (χ0n) is 24.7. The van der Waals surface area contributed by atoms with E-state index < -0.39 is 11.9 Å². The van der Waals surface area contributed by atoms with E-state index in [1.165, 1.54) is 5.56 Å². The number of nitrogens with zero attached hydrogens (tertiary/aromatic N) is 2. The number of H-pyrrole nitrogens is 2. The number of carboxylic acid groups (broad SMARTS) is 2. The van der Waals surface area contributed by atoms with Gasteiger partial charge in [0.15, 0.2) is 0 Å². The van der Waals surface area contributed by atoms with Crippen LogP contribution in [0.25, 0.3) is 50.4 Å². The quantitative estimate of drug-likeness (QED) is 0.221. The van der Waals surface area contributed by atoms with E-state index in [2.05, 4.69) is 36.5 Å². The highest BCUT2D eigenvalue weighted by atomic mass is 16.4. The summed E-state index contributed by atoms with van der Waals surface area (Å²) in [5.41, 5.74) is 14.5. The molecule has 0 amide bonds. The van der Waals surface area contributed by atoms with Gasteiger partial charge < -0.3 is 20.2 Å². The van der Waals surface area contributed by atoms with E-state index in [9.17, 15) is 19.8 Å². The number of hydrogen-bond acceptors (Lipinski definition) is 4. The number of hydrogen-bond donors (Lipinski definition) is 4. The standard InChI is InChI=1S/C34H36N4O4/c1-7-21-17(3)25-13-26-19(5)23(9-11-33(39)40)31(37-26)16-32-24(10-12-34(41)42)20(6)28(38-32)15-30-22(8-2)18(4)27(36-30)14-29(21)35-25/h7,13-16,35-36H,1,8-12H2,2-6H3,(H,39,40)(H,41,42). The molecule has 5 heterocycles. The maximum Gasteiger partial charge on any atom is 0.303 e. The summed E-state index contributed by atoms with van der Waals surface area (Å²) in [5.74, 6) is -1.76. The van der Waals surface area contributed by atoms with Crippen LogP contribution >= 0.6 is 0 Å². The summed E-state index contributed by atoms with van der Waals surface area (Å²) in [6.07, 6.45) is 3.29. The van der Waals surface area contributed by atoms with Gasteiger partial charge in [-0.3, -0.25) is 9.59 Å². The molecule has 0 atom stereocenters. The molecule has 0 aromatic carbocycles. The summed E-state index contributed by atoms with van der Waals surface area (Å²) in [6, 6.07) is 8.04. The van der Waals surface area contributed by atoms with Crippen LogP contribution in [0.5, 0.6) is 0 Å². The van der Waals surface area contributed by atoms with Gasteiger partial charge in [-0.15, -0.1) is 0 Å². The molecule has 0 fully saturated rings. The molecule has 3 aromatic rings. The fraction of sp³-hybridized carbons (Fsp3) is 0.294. The Balaban J connectivity index is 1.93. The van der Waals surface area contributed by atoms with Crippen LogP contribution in [0, 0.1) is 13.8 Å². The first-order valence-electron chi connectivity index (χ1n) is 14.2. The Kier molecular flexibility index (Phi) is 7.73. The highest BCUT2D eigenvalue weighted by molar-refractivity contribution is 5.96. The molecular weight excluding hydrogens is 528 g/mol. The fourth-order valence-electron chi connectivity index (χ4n) is 5.99. The van der Waals surface area contributed by atoms with Crippen molar-refractivity contribution in [3.05, 3.63) is 75.9 Å². The van der Waals surface area contributed by atoms with Gasteiger partial charge in [0, 0.05) is 40.5 Å². The Bertz CT molecular complexity index is 1880. The molecule has 0 saturated heterocycles. The summed E-state index contributed by atoms with van der Waals surface area (Å²) < 4.78 is 0. The highest BCUT2D eigenvalue weighted by Gasteiger charge is 2.22. The highest BCUT2D eigenvalue weighted by Crippen LogP contribution is 2.38. The van der Waals surface area contributed by atoms with Crippen LogP contribution in [-0.2, 0) is 16.0 Å². The molecule has 4 N–H and O–H groups in total. The first-order valence-corrected chi connectivity index (χ1v) is 14.2. The molecule has 0 saturated carbocycles. The number of carbonyl (C=O) groups is 2. The number of nitrogens with one attached hydrogen (secondary N) is 2. The number of allylic oxidation sites excluding steroid dienone is 4. The Morgan fingerprint density at radius 2 is 1.24 bits per heavy atom. The van der Waals surface area contributed by atoms with Crippen LogP contribution in [0.15, 0.2) is 30.8 Å². The smallest absolute Gasteiger partial charge is 0.303 e. The monoisotopic (exact) mass is 564 g/mol. The van der Waals surface area contributed by atoms with Crippen molar-refractivity contribution in [3.63, 3.8) is 0 Å². The third-order valence-corrected chi connectivity index (χ3v) is 8.45. The predicted molar refractivity (Wildman–Crippen MR) is 169 cm³/mol. The van der Waals surface area contributed by atoms with Crippen molar-refractivity contribution in [3.8, 4) is 0 Å². The largest absolute Gasteiger partial charge is 0.481 e. The molecule has 8 nitrogen and oxygen atoms in total. The molecule has 0 unspecified atom stereocenters. The third kappa shape index (κ3) is 5.20. The lowest BCUT2D eigenvalue weighted by atomic mass is 9.98. The summed E-state index contributed by atoms with van der Waals surface area (Å²) in [6.45, 7) is 14.3. The number of aryl methyl sites for hydroxylation is 3. The maximum absolute atomic E-state index is 11.5. The average molecular weight is 565 g/mol. The van der Waals surface area contributed by atoms with Gasteiger partial charge in [0.2, 0.25) is 0 Å². The van der Waals surface area contributed by atoms with Crippen molar-refractivity contribution in [1.82, 2.24) is 19.9 Å². The molecular formula is C34H36N4O4. The first-order chi connectivity index (χ1) is 20.0. The Morgan fingerprint density at radius 1 is 0.738 bits per heavy atom. The minimum atomic E-state index is -0.880. The van der Waals surface area contributed by atoms with Crippen LogP contribution in [0.3, 0.4) is 0 Å². The minimum Gasteiger partial charge on any atom is -0.481 e. The number of fused-ring (bicyclic) bond motifs is 8. The molecule has 216 valence electrons. The molecule has 3 aromatic heterocycles. The van der Waals surface area contributed by atoms with Gasteiger partial charge in [-0.2, -0.15) is 0 Å². The van der Waals surface area contributed by atoms with E-state index in [1.807, 2.05) is 45.0 Å². The fourth-order valence-corrected chi connectivity index (χ4v) is 5.99. The van der Waals surface area contributed by atoms with Crippen molar-refractivity contribution < 1.29 is 19.8 Å². The maximum atomic E-state index is 11.5. The van der Waals surface area contributed by atoms with Crippen molar-refractivity contribution in [2.24, 2.45) is 0 Å². The summed E-state index contributed by atoms with van der Waals surface area (Å²) in [7, 11) is 0. The van der Waals surface area contributed by atoms with E-state index >= 15 is 0 Å². The summed E-state index contributed by atoms with van der Waals surface area (Å²) in [5, 5.41) is 18.9. The minimum absolute atomic E-state index is 0.0219. The topological polar surface area (TPSA) is 132 Å². The van der Waals surface area contributed by atoms with Crippen LogP contribution in [0.2, 0.25) is 0 Å². The number of aromatic amines is 2. The molecule has 0 radical (unpaired) electrons. The lowest BCUT2D eigenvalue weighted by Gasteiger charge is -2.05. The lowest BCUT2D eigenvalue weighted by Crippen LogP contribution is -1.97. The first kappa shape index (κ1) is 28.8. The van der Waals surface area contributed by atoms with Crippen LogP contribution in [0.4, 0.5) is 0 Å². The van der Waals surface area contributed by atoms with E-state index in [1.54, 1.807) is 0 Å². The van der Waals surface area contributed by atoms with E-state index in [0.717, 1.165) is 78.9 Å². The lowest BCUT2D eigenvalue weighted by molar-refractivity contribution is -0.137. The molecule has 8 heteroatoms. The molecule has 0 aliphatic carbocycles. The van der Waals surface area contributed by atoms with E-state index in [4.69, 9.17) is 9.97 Å². The van der Waals surface area contributed by atoms with Gasteiger partial charge in [0.05, 0.1) is 22.8 Å². The number of carboxylic acids is 2. The Hall–Kier alpha value is -4.72.